The molecule has 2 fully saturated rings. The Morgan fingerprint density at radius 1 is 1.38 bits per heavy atom. The van der Waals surface area contributed by atoms with Crippen LogP contribution in [0.2, 0.25) is 0 Å². The molecule has 1 saturated carbocycles. The van der Waals surface area contributed by atoms with Crippen LogP contribution in [-0.2, 0) is 14.3 Å². The topological polar surface area (TPSA) is 75.6 Å². The number of hydrogen-bond donors (Lipinski definition) is 2. The first kappa shape index (κ1) is 11.4. The molecule has 0 aromatic carbocycles. The highest BCUT2D eigenvalue weighted by Gasteiger charge is 2.32. The number of amides is 1. The number of aliphatic carboxylic acids is 1. The predicted molar refractivity (Wildman–Crippen MR) is 55.9 cm³/mol. The Hall–Kier alpha value is -1.10. The van der Waals surface area contributed by atoms with Gasteiger partial charge < -0.3 is 15.2 Å². The number of ether oxygens (including phenoxy) is 1. The van der Waals surface area contributed by atoms with Crippen LogP contribution in [0, 0.1) is 5.92 Å². The van der Waals surface area contributed by atoms with E-state index in [1.165, 1.54) is 0 Å². The van der Waals surface area contributed by atoms with E-state index in [4.69, 9.17) is 9.84 Å². The molecule has 90 valence electrons. The third-order valence-electron chi connectivity index (χ3n) is 3.10. The second-order valence-electron chi connectivity index (χ2n) is 4.58. The van der Waals surface area contributed by atoms with Gasteiger partial charge in [-0.2, -0.15) is 0 Å². The monoisotopic (exact) mass is 227 g/mol. The number of nitrogens with one attached hydrogen (secondary N) is 1. The second kappa shape index (κ2) is 4.82. The summed E-state index contributed by atoms with van der Waals surface area (Å²) in [5.74, 6) is -0.741. The van der Waals surface area contributed by atoms with E-state index in [-0.39, 0.29) is 5.91 Å². The van der Waals surface area contributed by atoms with Gasteiger partial charge in [0, 0.05) is 6.61 Å². The summed E-state index contributed by atoms with van der Waals surface area (Å²) in [5.41, 5.74) is 0. The maximum Gasteiger partial charge on any atom is 0.326 e. The van der Waals surface area contributed by atoms with Gasteiger partial charge in [0.1, 0.15) is 12.1 Å². The van der Waals surface area contributed by atoms with Gasteiger partial charge in [-0.05, 0) is 25.2 Å². The molecule has 0 unspecified atom stereocenters. The number of carbonyl (C=O) groups excluding carboxylic acids is 1. The van der Waals surface area contributed by atoms with Crippen LogP contribution < -0.4 is 5.32 Å². The second-order valence-corrected chi connectivity index (χ2v) is 4.58. The minimum absolute atomic E-state index is 0.273. The molecule has 1 amide bonds. The number of carboxylic acids is 1. The number of carbonyl (C=O) groups is 2. The van der Waals surface area contributed by atoms with Gasteiger partial charge in [0.2, 0.25) is 5.91 Å². The number of rotatable bonds is 5. The Morgan fingerprint density at radius 2 is 2.12 bits per heavy atom. The molecule has 0 bridgehead atoms. The van der Waals surface area contributed by atoms with Crippen LogP contribution >= 0.6 is 0 Å². The Bertz CT molecular complexity index is 282. The normalized spacial score (nSPS) is 26.4. The summed E-state index contributed by atoms with van der Waals surface area (Å²) in [6.07, 6.45) is 3.84. The van der Waals surface area contributed by atoms with Gasteiger partial charge in [-0.15, -0.1) is 0 Å². The van der Waals surface area contributed by atoms with Crippen molar-refractivity contribution in [1.82, 2.24) is 5.32 Å². The van der Waals surface area contributed by atoms with Crippen molar-refractivity contribution >= 4 is 11.9 Å². The van der Waals surface area contributed by atoms with Crippen LogP contribution in [-0.4, -0.2) is 35.7 Å². The molecular weight excluding hydrogens is 210 g/mol. The molecule has 1 aliphatic carbocycles. The zero-order valence-corrected chi connectivity index (χ0v) is 9.15. The lowest BCUT2D eigenvalue weighted by Crippen LogP contribution is -2.45. The van der Waals surface area contributed by atoms with Crippen LogP contribution in [0.25, 0.3) is 0 Å². The standard InChI is InChI=1S/C11H17NO4/c13-10(9-2-1-5-16-9)12-8(11(14)15)6-7-3-4-7/h7-9H,1-6H2,(H,12,13)(H,14,15)/t8-,9-/m0/s1. The van der Waals surface area contributed by atoms with Crippen LogP contribution in [0.15, 0.2) is 0 Å². The average molecular weight is 227 g/mol. The van der Waals surface area contributed by atoms with Gasteiger partial charge in [0.15, 0.2) is 0 Å². The van der Waals surface area contributed by atoms with E-state index in [0.29, 0.717) is 25.4 Å². The zero-order chi connectivity index (χ0) is 11.5. The third kappa shape index (κ3) is 2.95. The summed E-state index contributed by atoms with van der Waals surface area (Å²) in [4.78, 5) is 22.6. The molecule has 2 aliphatic rings. The summed E-state index contributed by atoms with van der Waals surface area (Å²) >= 11 is 0. The van der Waals surface area contributed by atoms with Crippen molar-refractivity contribution in [3.05, 3.63) is 0 Å². The van der Waals surface area contributed by atoms with Gasteiger partial charge >= 0.3 is 5.97 Å². The molecule has 0 spiro atoms. The van der Waals surface area contributed by atoms with Crippen molar-refractivity contribution in [1.29, 1.82) is 0 Å². The minimum atomic E-state index is -0.946. The Kier molecular flexibility index (Phi) is 3.43. The van der Waals surface area contributed by atoms with Gasteiger partial charge in [-0.1, -0.05) is 12.8 Å². The molecule has 2 rings (SSSR count). The summed E-state index contributed by atoms with van der Waals surface area (Å²) in [6, 6.07) is -0.746. The fourth-order valence-corrected chi connectivity index (χ4v) is 1.96. The Labute approximate surface area is 94.2 Å². The van der Waals surface area contributed by atoms with Crippen LogP contribution in [0.5, 0.6) is 0 Å². The minimum Gasteiger partial charge on any atom is -0.480 e. The Morgan fingerprint density at radius 3 is 2.62 bits per heavy atom. The number of carboxylic acid groups (broad SMARTS) is 1. The molecule has 1 saturated heterocycles. The highest BCUT2D eigenvalue weighted by Crippen LogP contribution is 2.33. The summed E-state index contributed by atoms with van der Waals surface area (Å²) in [5, 5.41) is 11.6. The average Bonchev–Trinajstić information content (AvgIpc) is 2.89. The molecule has 1 aliphatic heterocycles. The molecule has 2 atom stereocenters. The van der Waals surface area contributed by atoms with Crippen molar-refractivity contribution in [2.45, 2.75) is 44.2 Å². The maximum atomic E-state index is 11.7. The summed E-state index contributed by atoms with van der Waals surface area (Å²) in [7, 11) is 0. The van der Waals surface area contributed by atoms with E-state index in [1.807, 2.05) is 0 Å². The van der Waals surface area contributed by atoms with Crippen LogP contribution in [0.4, 0.5) is 0 Å². The van der Waals surface area contributed by atoms with E-state index in [9.17, 15) is 9.59 Å². The van der Waals surface area contributed by atoms with Gasteiger partial charge in [0.25, 0.3) is 0 Å². The SMILES string of the molecule is O=C(O)[C@H](CC1CC1)NC(=O)[C@@H]1CCCO1. The highest BCUT2D eigenvalue weighted by atomic mass is 16.5. The lowest BCUT2D eigenvalue weighted by Gasteiger charge is -2.16. The number of hydrogen-bond acceptors (Lipinski definition) is 3. The molecule has 5 heteroatoms. The van der Waals surface area contributed by atoms with Crippen LogP contribution in [0.1, 0.15) is 32.1 Å². The van der Waals surface area contributed by atoms with Crippen LogP contribution in [0.3, 0.4) is 0 Å². The largest absolute Gasteiger partial charge is 0.480 e. The molecule has 0 aromatic rings. The van der Waals surface area contributed by atoms with Gasteiger partial charge in [-0.25, -0.2) is 4.79 Å². The quantitative estimate of drug-likeness (QED) is 0.718. The molecule has 2 N–H and O–H groups in total. The maximum absolute atomic E-state index is 11.7. The molecular formula is C11H17NO4. The molecule has 0 radical (unpaired) electrons. The molecule has 1 heterocycles. The smallest absolute Gasteiger partial charge is 0.326 e. The fourth-order valence-electron chi connectivity index (χ4n) is 1.96. The first-order chi connectivity index (χ1) is 7.66. The summed E-state index contributed by atoms with van der Waals surface area (Å²) in [6.45, 7) is 0.596. The van der Waals surface area contributed by atoms with E-state index < -0.39 is 18.1 Å². The predicted octanol–water partition coefficient (Wildman–Crippen LogP) is 0.535. The van der Waals surface area contributed by atoms with Gasteiger partial charge in [-0.3, -0.25) is 4.79 Å². The fraction of sp³-hybridized carbons (Fsp3) is 0.818. The lowest BCUT2D eigenvalue weighted by atomic mass is 10.1. The first-order valence-electron chi connectivity index (χ1n) is 5.81. The van der Waals surface area contributed by atoms with E-state index in [0.717, 1.165) is 19.3 Å². The lowest BCUT2D eigenvalue weighted by molar-refractivity contribution is -0.143. The van der Waals surface area contributed by atoms with Crippen molar-refractivity contribution in [2.75, 3.05) is 6.61 Å². The molecule has 5 nitrogen and oxygen atoms in total. The molecule has 16 heavy (non-hydrogen) atoms. The Balaban J connectivity index is 1.83. The van der Waals surface area contributed by atoms with Gasteiger partial charge in [0.05, 0.1) is 0 Å². The van der Waals surface area contributed by atoms with E-state index in [1.54, 1.807) is 0 Å². The summed E-state index contributed by atoms with van der Waals surface area (Å²) < 4.78 is 5.21. The zero-order valence-electron chi connectivity index (χ0n) is 9.15. The van der Waals surface area contributed by atoms with Crippen molar-refractivity contribution in [3.63, 3.8) is 0 Å². The van der Waals surface area contributed by atoms with E-state index in [2.05, 4.69) is 5.32 Å². The van der Waals surface area contributed by atoms with Crippen molar-refractivity contribution in [2.24, 2.45) is 5.92 Å². The molecule has 0 aromatic heterocycles. The first-order valence-corrected chi connectivity index (χ1v) is 5.81. The highest BCUT2D eigenvalue weighted by molar-refractivity contribution is 5.86. The van der Waals surface area contributed by atoms with Crippen molar-refractivity contribution < 1.29 is 19.4 Å². The third-order valence-corrected chi connectivity index (χ3v) is 3.10. The van der Waals surface area contributed by atoms with Crippen molar-refractivity contribution in [3.8, 4) is 0 Å². The van der Waals surface area contributed by atoms with E-state index >= 15 is 0 Å².